The first kappa shape index (κ1) is 27.5. The fraction of sp³-hybridized carbons (Fsp3) is 0.462. The van der Waals surface area contributed by atoms with E-state index in [4.69, 9.17) is 32.6 Å². The zero-order valence-electron chi connectivity index (χ0n) is 21.9. The number of hydrogen-bond donors (Lipinski definition) is 2. The quantitative estimate of drug-likeness (QED) is 0.310. The number of halogens is 2. The number of carboxylic acid groups (broad SMARTS) is 1. The maximum atomic E-state index is 12.7. The predicted octanol–water partition coefficient (Wildman–Crippen LogP) is 8.35. The molecule has 1 aromatic heterocycles. The van der Waals surface area contributed by atoms with Crippen LogP contribution in [0, 0.1) is 27.7 Å². The van der Waals surface area contributed by atoms with Crippen molar-refractivity contribution in [1.29, 1.82) is 0 Å². The average molecular weight is 537 g/mol. The van der Waals surface area contributed by atoms with Crippen LogP contribution in [0.4, 0.5) is 10.5 Å². The number of anilines is 1. The molecule has 1 atom stereocenters. The molecule has 1 heterocycles. The molecule has 190 valence electrons. The topological polar surface area (TPSA) is 78.5 Å². The molecule has 0 aliphatic heterocycles. The van der Waals surface area contributed by atoms with Gasteiger partial charge in [0.2, 0.25) is 0 Å². The van der Waals surface area contributed by atoms with Crippen molar-refractivity contribution >= 4 is 54.3 Å². The summed E-state index contributed by atoms with van der Waals surface area (Å²) in [6.45, 7) is 19.2. The molecule has 3 aromatic rings. The van der Waals surface area contributed by atoms with E-state index in [1.54, 1.807) is 18.2 Å². The molecule has 1 unspecified atom stereocenters. The molecule has 9 heteroatoms. The molecule has 0 aliphatic carbocycles. The molecule has 0 bridgehead atoms. The van der Waals surface area contributed by atoms with E-state index in [9.17, 15) is 9.90 Å². The van der Waals surface area contributed by atoms with Crippen molar-refractivity contribution in [2.45, 2.75) is 72.6 Å². The highest BCUT2D eigenvalue weighted by Gasteiger charge is 2.40. The van der Waals surface area contributed by atoms with Crippen molar-refractivity contribution in [3.05, 3.63) is 56.3 Å². The second-order valence-corrected chi connectivity index (χ2v) is 16.3. The molecule has 0 aliphatic rings. The molecule has 0 fully saturated rings. The molecule has 2 aromatic carbocycles. The summed E-state index contributed by atoms with van der Waals surface area (Å²) in [5.41, 5.74) is 6.71. The number of amides is 1. The van der Waals surface area contributed by atoms with Crippen molar-refractivity contribution in [2.24, 2.45) is 0 Å². The zero-order chi connectivity index (χ0) is 26.5. The number of nitrogens with one attached hydrogen (secondary N) is 1. The van der Waals surface area contributed by atoms with Crippen molar-refractivity contribution in [3.63, 3.8) is 0 Å². The lowest BCUT2D eigenvalue weighted by molar-refractivity contribution is 0.190. The largest absolute Gasteiger partial charge is 0.465 e. The number of aromatic amines is 1. The number of aromatic nitrogens is 2. The summed E-state index contributed by atoms with van der Waals surface area (Å²) < 4.78 is 6.54. The minimum absolute atomic E-state index is 0.0372. The third-order valence-electron chi connectivity index (χ3n) is 7.56. The van der Waals surface area contributed by atoms with Gasteiger partial charge in [-0.2, -0.15) is 0 Å². The van der Waals surface area contributed by atoms with Gasteiger partial charge in [0.15, 0.2) is 8.32 Å². The lowest BCUT2D eigenvalue weighted by Gasteiger charge is -2.38. The normalized spacial score (nSPS) is 13.3. The molecule has 6 nitrogen and oxygen atoms in total. The van der Waals surface area contributed by atoms with Gasteiger partial charge in [-0.25, -0.2) is 9.78 Å². The molecule has 1 amide bonds. The summed E-state index contributed by atoms with van der Waals surface area (Å²) in [5, 5.41) is 10.9. The third-order valence-corrected chi connectivity index (χ3v) is 12.8. The highest BCUT2D eigenvalue weighted by Crippen LogP contribution is 2.39. The Labute approximate surface area is 218 Å². The van der Waals surface area contributed by atoms with Gasteiger partial charge in [-0.15, -0.1) is 0 Å². The average Bonchev–Trinajstić information content (AvgIpc) is 3.20. The standard InChI is InChI=1S/C26H35Cl2N3O3Si/c1-14-15(2)17(4)23-22(16(14)3)29-24(30-23)21(13-34-35(8,9)26(5,6)7)31(25(32)33)18-10-11-19(27)20(28)12-18/h10-12,21H,13H2,1-9H3,(H,29,30)(H,32,33). The van der Waals surface area contributed by atoms with Crippen LogP contribution in [0.1, 0.15) is 54.9 Å². The van der Waals surface area contributed by atoms with Gasteiger partial charge in [-0.1, -0.05) is 44.0 Å². The first-order chi connectivity index (χ1) is 16.1. The Kier molecular flexibility index (Phi) is 7.68. The van der Waals surface area contributed by atoms with Crippen molar-refractivity contribution in [1.82, 2.24) is 9.97 Å². The number of imidazole rings is 1. The van der Waals surface area contributed by atoms with E-state index in [1.165, 1.54) is 16.0 Å². The first-order valence-electron chi connectivity index (χ1n) is 11.6. The summed E-state index contributed by atoms with van der Waals surface area (Å²) >= 11 is 12.4. The van der Waals surface area contributed by atoms with Gasteiger partial charge in [0, 0.05) is 5.69 Å². The summed E-state index contributed by atoms with van der Waals surface area (Å²) in [4.78, 5) is 22.3. The number of aryl methyl sites for hydroxylation is 2. The zero-order valence-corrected chi connectivity index (χ0v) is 24.4. The van der Waals surface area contributed by atoms with Crippen molar-refractivity contribution in [2.75, 3.05) is 11.5 Å². The van der Waals surface area contributed by atoms with Gasteiger partial charge in [-0.05, 0) is 86.3 Å². The van der Waals surface area contributed by atoms with Gasteiger partial charge in [0.05, 0.1) is 27.7 Å². The van der Waals surface area contributed by atoms with Gasteiger partial charge in [-0.3, -0.25) is 4.90 Å². The fourth-order valence-electron chi connectivity index (χ4n) is 3.86. The molecule has 2 N–H and O–H groups in total. The maximum Gasteiger partial charge on any atom is 0.412 e. The van der Waals surface area contributed by atoms with Crippen LogP contribution >= 0.6 is 23.2 Å². The number of rotatable bonds is 6. The second kappa shape index (κ2) is 9.77. The summed E-state index contributed by atoms with van der Waals surface area (Å²) in [7, 11) is -2.19. The lowest BCUT2D eigenvalue weighted by atomic mass is 9.98. The van der Waals surface area contributed by atoms with Gasteiger partial charge in [0.1, 0.15) is 11.9 Å². The Hall–Kier alpha value is -2.06. The Bertz CT molecular complexity index is 1240. The van der Waals surface area contributed by atoms with Crippen LogP contribution in [0.15, 0.2) is 18.2 Å². The minimum Gasteiger partial charge on any atom is -0.465 e. The molecule has 3 rings (SSSR count). The fourth-order valence-corrected chi connectivity index (χ4v) is 5.16. The van der Waals surface area contributed by atoms with Crippen LogP contribution in [0.3, 0.4) is 0 Å². The van der Waals surface area contributed by atoms with E-state index in [2.05, 4.69) is 59.6 Å². The van der Waals surface area contributed by atoms with Crippen LogP contribution in [0.25, 0.3) is 11.0 Å². The van der Waals surface area contributed by atoms with Crippen molar-refractivity contribution < 1.29 is 14.3 Å². The van der Waals surface area contributed by atoms with Gasteiger partial charge >= 0.3 is 6.09 Å². The Morgan fingerprint density at radius 2 is 1.69 bits per heavy atom. The highest BCUT2D eigenvalue weighted by molar-refractivity contribution is 6.74. The Balaban J connectivity index is 2.21. The lowest BCUT2D eigenvalue weighted by Crippen LogP contribution is -2.45. The van der Waals surface area contributed by atoms with Crippen LogP contribution in [0.2, 0.25) is 28.2 Å². The van der Waals surface area contributed by atoms with E-state index in [0.29, 0.717) is 16.5 Å². The number of hydrogen-bond acceptors (Lipinski definition) is 3. The number of nitrogens with zero attached hydrogens (tertiary/aromatic N) is 2. The van der Waals surface area contributed by atoms with Crippen molar-refractivity contribution in [3.8, 4) is 0 Å². The van der Waals surface area contributed by atoms with E-state index >= 15 is 0 Å². The molecular weight excluding hydrogens is 501 g/mol. The van der Waals surface area contributed by atoms with Crippen LogP contribution in [0.5, 0.6) is 0 Å². The van der Waals surface area contributed by atoms with E-state index in [1.807, 2.05) is 6.92 Å². The smallest absolute Gasteiger partial charge is 0.412 e. The number of benzene rings is 2. The first-order valence-corrected chi connectivity index (χ1v) is 15.3. The Morgan fingerprint density at radius 3 is 2.23 bits per heavy atom. The molecule has 0 saturated heterocycles. The van der Waals surface area contributed by atoms with Crippen LogP contribution in [-0.2, 0) is 4.43 Å². The van der Waals surface area contributed by atoms with Crippen LogP contribution in [-0.4, -0.2) is 36.1 Å². The maximum absolute atomic E-state index is 12.7. The van der Waals surface area contributed by atoms with Gasteiger partial charge < -0.3 is 14.5 Å². The highest BCUT2D eigenvalue weighted by atomic mass is 35.5. The number of fused-ring (bicyclic) bond motifs is 1. The minimum atomic E-state index is -2.19. The van der Waals surface area contributed by atoms with Gasteiger partial charge in [0.25, 0.3) is 0 Å². The number of carbonyl (C=O) groups is 1. The SMILES string of the molecule is Cc1c(C)c(C)c2[nH]c(C(CO[Si](C)(C)C(C)(C)C)N(C(=O)O)c3ccc(Cl)c(Cl)c3)nc2c1C. The van der Waals surface area contributed by atoms with E-state index in [0.717, 1.165) is 22.2 Å². The van der Waals surface area contributed by atoms with E-state index < -0.39 is 20.5 Å². The van der Waals surface area contributed by atoms with E-state index in [-0.39, 0.29) is 16.7 Å². The predicted molar refractivity (Wildman–Crippen MR) is 148 cm³/mol. The second-order valence-electron chi connectivity index (χ2n) is 10.7. The number of H-pyrrole nitrogens is 1. The molecule has 0 spiro atoms. The molecular formula is C26H35Cl2N3O3Si. The molecule has 35 heavy (non-hydrogen) atoms. The Morgan fingerprint density at radius 1 is 1.09 bits per heavy atom. The monoisotopic (exact) mass is 535 g/mol. The third kappa shape index (κ3) is 5.24. The summed E-state index contributed by atoms with van der Waals surface area (Å²) in [6.07, 6.45) is -1.13. The van der Waals surface area contributed by atoms with Crippen LogP contribution < -0.4 is 4.90 Å². The molecule has 0 radical (unpaired) electrons. The molecule has 0 saturated carbocycles. The summed E-state index contributed by atoms with van der Waals surface area (Å²) in [6, 6.07) is 4.09. The summed E-state index contributed by atoms with van der Waals surface area (Å²) in [5.74, 6) is 0.531.